The van der Waals surface area contributed by atoms with Crippen LogP contribution in [0.25, 0.3) is 10.8 Å². The molecule has 0 bridgehead atoms. The van der Waals surface area contributed by atoms with Crippen LogP contribution in [0.15, 0.2) is 60.7 Å². The molecule has 2 atom stereocenters. The van der Waals surface area contributed by atoms with Crippen molar-refractivity contribution in [1.82, 2.24) is 4.90 Å². The lowest BCUT2D eigenvalue weighted by molar-refractivity contribution is -0.156. The van der Waals surface area contributed by atoms with E-state index in [9.17, 15) is 19.2 Å². The highest BCUT2D eigenvalue weighted by Gasteiger charge is 2.42. The highest BCUT2D eigenvalue weighted by Crippen LogP contribution is 2.26. The van der Waals surface area contributed by atoms with Crippen molar-refractivity contribution in [2.24, 2.45) is 0 Å². The first-order valence-electron chi connectivity index (χ1n) is 10.3. The summed E-state index contributed by atoms with van der Waals surface area (Å²) in [5.74, 6) is -2.45. The fourth-order valence-corrected chi connectivity index (χ4v) is 3.73. The van der Waals surface area contributed by atoms with Gasteiger partial charge in [0, 0.05) is 11.1 Å². The molecule has 3 amide bonds. The Hall–Kier alpha value is -4.00. The predicted octanol–water partition coefficient (Wildman–Crippen LogP) is 3.70. The third-order valence-corrected chi connectivity index (χ3v) is 5.51. The molecule has 7 nitrogen and oxygen atoms in total. The lowest BCUT2D eigenvalue weighted by Crippen LogP contribution is -2.45. The van der Waals surface area contributed by atoms with Gasteiger partial charge in [0.15, 0.2) is 6.10 Å². The third kappa shape index (κ3) is 3.73. The highest BCUT2D eigenvalue weighted by atomic mass is 16.5. The van der Waals surface area contributed by atoms with E-state index >= 15 is 0 Å². The molecule has 32 heavy (non-hydrogen) atoms. The zero-order valence-electron chi connectivity index (χ0n) is 17.9. The normalized spacial score (nSPS) is 14.8. The van der Waals surface area contributed by atoms with Crippen LogP contribution in [0.5, 0.6) is 0 Å². The van der Waals surface area contributed by atoms with Gasteiger partial charge >= 0.3 is 5.97 Å². The van der Waals surface area contributed by atoms with Crippen molar-refractivity contribution in [2.75, 3.05) is 5.32 Å². The molecule has 1 aliphatic rings. The Balaban J connectivity index is 1.45. The number of rotatable bonds is 5. The standard InChI is InChI=1S/C25H22N2O5/c1-14-11-12-19-20(13-14)24(30)27(23(19)29)15(2)25(31)32-16(3)22(28)26-21-10-6-8-17-7-4-5-9-18(17)21/h4-13,15-16H,1-3H3,(H,26,28). The zero-order chi connectivity index (χ0) is 23.0. The van der Waals surface area contributed by atoms with Crippen molar-refractivity contribution >= 4 is 40.2 Å². The molecular formula is C25H22N2O5. The molecule has 0 saturated carbocycles. The summed E-state index contributed by atoms with van der Waals surface area (Å²) in [6.45, 7) is 4.66. The van der Waals surface area contributed by atoms with E-state index in [1.807, 2.05) is 43.3 Å². The minimum atomic E-state index is -1.17. The van der Waals surface area contributed by atoms with E-state index in [1.165, 1.54) is 13.8 Å². The number of imide groups is 1. The first-order chi connectivity index (χ1) is 15.3. The largest absolute Gasteiger partial charge is 0.451 e. The molecule has 162 valence electrons. The summed E-state index contributed by atoms with van der Waals surface area (Å²) in [6, 6.07) is 16.8. The number of anilines is 1. The van der Waals surface area contributed by atoms with Crippen LogP contribution in [0.4, 0.5) is 5.69 Å². The Kier molecular flexibility index (Phi) is 5.48. The zero-order valence-corrected chi connectivity index (χ0v) is 17.9. The van der Waals surface area contributed by atoms with Gasteiger partial charge in [-0.1, -0.05) is 48.0 Å². The molecule has 4 rings (SSSR count). The van der Waals surface area contributed by atoms with Gasteiger partial charge < -0.3 is 10.1 Å². The molecule has 1 N–H and O–H groups in total. The number of fused-ring (bicyclic) bond motifs is 2. The van der Waals surface area contributed by atoms with Gasteiger partial charge in [0.25, 0.3) is 17.7 Å². The maximum Gasteiger partial charge on any atom is 0.329 e. The van der Waals surface area contributed by atoms with E-state index in [0.29, 0.717) is 5.69 Å². The molecule has 0 aromatic heterocycles. The quantitative estimate of drug-likeness (QED) is 0.492. The van der Waals surface area contributed by atoms with E-state index in [4.69, 9.17) is 4.74 Å². The van der Waals surface area contributed by atoms with Gasteiger partial charge in [-0.05, 0) is 44.4 Å². The molecule has 1 aliphatic heterocycles. The molecule has 3 aromatic rings. The van der Waals surface area contributed by atoms with Crippen LogP contribution in [0.2, 0.25) is 0 Å². The van der Waals surface area contributed by atoms with Crippen LogP contribution in [0, 0.1) is 6.92 Å². The predicted molar refractivity (Wildman–Crippen MR) is 119 cm³/mol. The molecule has 7 heteroatoms. The third-order valence-electron chi connectivity index (χ3n) is 5.51. The van der Waals surface area contributed by atoms with Gasteiger partial charge in [-0.15, -0.1) is 0 Å². The maximum absolute atomic E-state index is 12.7. The van der Waals surface area contributed by atoms with Crippen molar-refractivity contribution in [1.29, 1.82) is 0 Å². The van der Waals surface area contributed by atoms with Crippen molar-refractivity contribution < 1.29 is 23.9 Å². The second-order valence-electron chi connectivity index (χ2n) is 7.80. The van der Waals surface area contributed by atoms with E-state index in [-0.39, 0.29) is 11.1 Å². The fraction of sp³-hybridized carbons (Fsp3) is 0.200. The molecule has 2 unspecified atom stereocenters. The minimum Gasteiger partial charge on any atom is -0.451 e. The van der Waals surface area contributed by atoms with Crippen LogP contribution in [0.1, 0.15) is 40.1 Å². The van der Waals surface area contributed by atoms with E-state index in [1.54, 1.807) is 24.3 Å². The lowest BCUT2D eigenvalue weighted by atomic mass is 10.1. The lowest BCUT2D eigenvalue weighted by Gasteiger charge is -2.23. The topological polar surface area (TPSA) is 92.8 Å². The number of aryl methyl sites for hydroxylation is 1. The number of benzene rings is 3. The monoisotopic (exact) mass is 430 g/mol. The van der Waals surface area contributed by atoms with Crippen molar-refractivity contribution in [3.05, 3.63) is 77.4 Å². The average molecular weight is 430 g/mol. The Morgan fingerprint density at radius 3 is 2.38 bits per heavy atom. The highest BCUT2D eigenvalue weighted by molar-refractivity contribution is 6.22. The fourth-order valence-electron chi connectivity index (χ4n) is 3.73. The number of nitrogens with zero attached hydrogens (tertiary/aromatic N) is 1. The first-order valence-corrected chi connectivity index (χ1v) is 10.3. The number of amides is 3. The van der Waals surface area contributed by atoms with E-state index in [2.05, 4.69) is 5.32 Å². The smallest absolute Gasteiger partial charge is 0.329 e. The minimum absolute atomic E-state index is 0.252. The molecular weight excluding hydrogens is 408 g/mol. The van der Waals surface area contributed by atoms with Crippen molar-refractivity contribution in [2.45, 2.75) is 32.9 Å². The molecule has 1 heterocycles. The molecule has 0 fully saturated rings. The molecule has 0 aliphatic carbocycles. The van der Waals surface area contributed by atoms with E-state index in [0.717, 1.165) is 21.2 Å². The van der Waals surface area contributed by atoms with Crippen LogP contribution in [-0.4, -0.2) is 40.7 Å². The average Bonchev–Trinajstić information content (AvgIpc) is 3.02. The first kappa shape index (κ1) is 21.2. The molecule has 0 spiro atoms. The van der Waals surface area contributed by atoms with Crippen LogP contribution in [0.3, 0.4) is 0 Å². The van der Waals surface area contributed by atoms with Gasteiger partial charge in [-0.25, -0.2) is 4.79 Å². The summed E-state index contributed by atoms with van der Waals surface area (Å²) in [5, 5.41) is 4.59. The molecule has 0 radical (unpaired) electrons. The summed E-state index contributed by atoms with van der Waals surface area (Å²) in [7, 11) is 0. The van der Waals surface area contributed by atoms with Gasteiger partial charge in [0.2, 0.25) is 0 Å². The van der Waals surface area contributed by atoms with E-state index < -0.39 is 35.8 Å². The van der Waals surface area contributed by atoms with Crippen LogP contribution < -0.4 is 5.32 Å². The summed E-state index contributed by atoms with van der Waals surface area (Å²) in [4.78, 5) is 51.6. The Morgan fingerprint density at radius 1 is 0.906 bits per heavy atom. The summed E-state index contributed by atoms with van der Waals surface area (Å²) in [6.07, 6.45) is -1.12. The summed E-state index contributed by atoms with van der Waals surface area (Å²) < 4.78 is 5.29. The van der Waals surface area contributed by atoms with Crippen LogP contribution in [-0.2, 0) is 14.3 Å². The van der Waals surface area contributed by atoms with Gasteiger partial charge in [-0.3, -0.25) is 19.3 Å². The number of ether oxygens (including phenoxy) is 1. The van der Waals surface area contributed by atoms with Crippen LogP contribution >= 0.6 is 0 Å². The second-order valence-corrected chi connectivity index (χ2v) is 7.80. The summed E-state index contributed by atoms with van der Waals surface area (Å²) in [5.41, 5.74) is 1.94. The van der Waals surface area contributed by atoms with Crippen molar-refractivity contribution in [3.8, 4) is 0 Å². The van der Waals surface area contributed by atoms with Gasteiger partial charge in [-0.2, -0.15) is 0 Å². The van der Waals surface area contributed by atoms with Crippen molar-refractivity contribution in [3.63, 3.8) is 0 Å². The Labute approximate surface area is 185 Å². The number of hydrogen-bond donors (Lipinski definition) is 1. The summed E-state index contributed by atoms with van der Waals surface area (Å²) >= 11 is 0. The Morgan fingerprint density at radius 2 is 1.59 bits per heavy atom. The maximum atomic E-state index is 12.7. The number of nitrogens with one attached hydrogen (secondary N) is 1. The Bertz CT molecular complexity index is 1260. The van der Waals surface area contributed by atoms with Gasteiger partial charge in [0.05, 0.1) is 11.1 Å². The van der Waals surface area contributed by atoms with Gasteiger partial charge in [0.1, 0.15) is 6.04 Å². The number of carbonyl (C=O) groups is 4. The SMILES string of the molecule is Cc1ccc2c(c1)C(=O)N(C(C)C(=O)OC(C)C(=O)Nc1cccc3ccccc13)C2=O. The number of esters is 1. The number of hydrogen-bond acceptors (Lipinski definition) is 5. The molecule has 0 saturated heterocycles. The number of carbonyl (C=O) groups excluding carboxylic acids is 4. The molecule has 3 aromatic carbocycles. The second kappa shape index (κ2) is 8.26.